The van der Waals surface area contributed by atoms with Gasteiger partial charge >= 0.3 is 0 Å². The van der Waals surface area contributed by atoms with Gasteiger partial charge in [0.2, 0.25) is 0 Å². The Morgan fingerprint density at radius 1 is 1.00 bits per heavy atom. The van der Waals surface area contributed by atoms with Crippen molar-refractivity contribution in [2.24, 2.45) is 5.92 Å². The molecule has 1 heteroatoms. The molecule has 108 valence electrons. The normalized spacial score (nSPS) is 15.6. The summed E-state index contributed by atoms with van der Waals surface area (Å²) in [6, 6.07) is 9.73. The van der Waals surface area contributed by atoms with Crippen LogP contribution in [0.5, 0.6) is 0 Å². The van der Waals surface area contributed by atoms with Crippen LogP contribution in [-0.2, 0) is 5.41 Å². The van der Waals surface area contributed by atoms with Crippen molar-refractivity contribution in [2.45, 2.75) is 65.8 Å². The number of benzene rings is 1. The van der Waals surface area contributed by atoms with Gasteiger partial charge in [-0.2, -0.15) is 0 Å². The van der Waals surface area contributed by atoms with Crippen LogP contribution in [0.25, 0.3) is 0 Å². The third-order valence-corrected chi connectivity index (χ3v) is 4.00. The molecule has 19 heavy (non-hydrogen) atoms. The lowest BCUT2D eigenvalue weighted by Gasteiger charge is -2.29. The molecule has 0 aliphatic carbocycles. The number of hydrogen-bond donors (Lipinski definition) is 1. The molecule has 0 saturated carbocycles. The highest BCUT2D eigenvalue weighted by Gasteiger charge is 2.21. The zero-order valence-electron chi connectivity index (χ0n) is 13.7. The first-order valence-corrected chi connectivity index (χ1v) is 7.61. The molecule has 0 aromatic heterocycles. The van der Waals surface area contributed by atoms with Gasteiger partial charge in [-0.15, -0.1) is 0 Å². The molecule has 1 nitrogen and oxygen atoms in total. The van der Waals surface area contributed by atoms with Gasteiger partial charge in [-0.05, 0) is 34.9 Å². The summed E-state index contributed by atoms with van der Waals surface area (Å²) in [7, 11) is 0. The van der Waals surface area contributed by atoms with Crippen molar-refractivity contribution in [3.05, 3.63) is 35.4 Å². The monoisotopic (exact) mass is 261 g/mol. The van der Waals surface area contributed by atoms with Gasteiger partial charge in [-0.3, -0.25) is 0 Å². The molecule has 2 atom stereocenters. The van der Waals surface area contributed by atoms with E-state index in [9.17, 15) is 0 Å². The molecular weight excluding hydrogens is 230 g/mol. The smallest absolute Gasteiger partial charge is 0.0156 e. The maximum Gasteiger partial charge on any atom is 0.0156 e. The Labute approximate surface area is 119 Å². The Hall–Kier alpha value is -0.820. The Kier molecular flexibility index (Phi) is 5.61. The second-order valence-corrected chi connectivity index (χ2v) is 6.99. The van der Waals surface area contributed by atoms with Gasteiger partial charge in [0.1, 0.15) is 0 Å². The minimum Gasteiger partial charge on any atom is -0.313 e. The van der Waals surface area contributed by atoms with E-state index in [1.807, 2.05) is 0 Å². The van der Waals surface area contributed by atoms with Crippen molar-refractivity contribution in [1.29, 1.82) is 0 Å². The highest BCUT2D eigenvalue weighted by Crippen LogP contribution is 2.27. The first-order valence-electron chi connectivity index (χ1n) is 7.61. The number of likely N-dealkylation sites (N-methyl/N-ethyl adjacent to an activating group) is 1. The van der Waals surface area contributed by atoms with Gasteiger partial charge in [0.15, 0.2) is 0 Å². The molecule has 0 aliphatic rings. The van der Waals surface area contributed by atoms with E-state index in [-0.39, 0.29) is 5.41 Å². The highest BCUT2D eigenvalue weighted by molar-refractivity contribution is 5.30. The van der Waals surface area contributed by atoms with Crippen molar-refractivity contribution >= 4 is 0 Å². The quantitative estimate of drug-likeness (QED) is 0.808. The topological polar surface area (TPSA) is 12.0 Å². The van der Waals surface area contributed by atoms with E-state index in [1.165, 1.54) is 11.1 Å². The van der Waals surface area contributed by atoms with Crippen molar-refractivity contribution in [3.63, 3.8) is 0 Å². The summed E-state index contributed by atoms with van der Waals surface area (Å²) in [5, 5.41) is 3.63. The molecule has 1 aromatic rings. The Balaban J connectivity index is 2.90. The average Bonchev–Trinajstić information content (AvgIpc) is 2.34. The van der Waals surface area contributed by atoms with Crippen LogP contribution in [0.3, 0.4) is 0 Å². The van der Waals surface area contributed by atoms with Crippen LogP contribution < -0.4 is 5.32 Å². The molecule has 2 unspecified atom stereocenters. The van der Waals surface area contributed by atoms with E-state index in [4.69, 9.17) is 0 Å². The van der Waals surface area contributed by atoms with E-state index in [1.54, 1.807) is 0 Å². The van der Waals surface area contributed by atoms with E-state index >= 15 is 0 Å². The van der Waals surface area contributed by atoms with Crippen LogP contribution in [0, 0.1) is 5.92 Å². The summed E-state index contributed by atoms with van der Waals surface area (Å²) in [5.74, 6) is 1.20. The molecule has 0 heterocycles. The maximum atomic E-state index is 3.63. The van der Waals surface area contributed by atoms with Crippen LogP contribution in [0.4, 0.5) is 0 Å². The molecule has 1 N–H and O–H groups in total. The molecule has 0 amide bonds. The molecule has 0 saturated heterocycles. The van der Waals surface area contributed by atoms with Crippen LogP contribution in [0.1, 0.15) is 65.5 Å². The van der Waals surface area contributed by atoms with Gasteiger partial charge in [0, 0.05) is 6.04 Å². The summed E-state index contributed by atoms with van der Waals surface area (Å²) < 4.78 is 0. The van der Waals surface area contributed by atoms with Gasteiger partial charge in [0.05, 0.1) is 0 Å². The van der Waals surface area contributed by atoms with E-state index in [0.29, 0.717) is 17.9 Å². The van der Waals surface area contributed by atoms with Crippen LogP contribution in [0.2, 0.25) is 0 Å². The van der Waals surface area contributed by atoms with E-state index in [0.717, 1.165) is 6.54 Å². The minimum atomic E-state index is 0.237. The van der Waals surface area contributed by atoms with E-state index in [2.05, 4.69) is 78.0 Å². The third-order valence-electron chi connectivity index (χ3n) is 4.00. The highest BCUT2D eigenvalue weighted by atomic mass is 14.9. The summed E-state index contributed by atoms with van der Waals surface area (Å²) in [5.41, 5.74) is 3.08. The minimum absolute atomic E-state index is 0.237. The van der Waals surface area contributed by atoms with Gasteiger partial charge in [-0.1, -0.05) is 72.7 Å². The number of hydrogen-bond acceptors (Lipinski definition) is 1. The lowest BCUT2D eigenvalue weighted by molar-refractivity contribution is 0.360. The summed E-state index contributed by atoms with van der Waals surface area (Å²) in [6.07, 6.45) is 0. The molecule has 1 aromatic carbocycles. The van der Waals surface area contributed by atoms with Crippen molar-refractivity contribution in [3.8, 4) is 0 Å². The molecule has 1 rings (SSSR count). The van der Waals surface area contributed by atoms with Crippen molar-refractivity contribution < 1.29 is 0 Å². The molecule has 0 bridgehead atoms. The largest absolute Gasteiger partial charge is 0.313 e. The van der Waals surface area contributed by atoms with Crippen LogP contribution >= 0.6 is 0 Å². The third kappa shape index (κ3) is 4.35. The molecular formula is C18H31N. The SMILES string of the molecule is CCNC(C(C)C)C(C)c1ccc(C(C)(C)C)cc1. The Bertz CT molecular complexity index is 370. The molecule has 0 spiro atoms. The van der Waals surface area contributed by atoms with Crippen molar-refractivity contribution in [2.75, 3.05) is 6.54 Å². The van der Waals surface area contributed by atoms with Gasteiger partial charge in [-0.25, -0.2) is 0 Å². The summed E-state index contributed by atoms with van der Waals surface area (Å²) in [6.45, 7) is 16.9. The fourth-order valence-electron chi connectivity index (χ4n) is 2.72. The average molecular weight is 261 g/mol. The van der Waals surface area contributed by atoms with Crippen LogP contribution in [0.15, 0.2) is 24.3 Å². The Morgan fingerprint density at radius 3 is 1.89 bits per heavy atom. The zero-order valence-corrected chi connectivity index (χ0v) is 13.7. The number of rotatable bonds is 5. The predicted molar refractivity (Wildman–Crippen MR) is 85.9 cm³/mol. The molecule has 0 fully saturated rings. The number of nitrogens with one attached hydrogen (secondary N) is 1. The van der Waals surface area contributed by atoms with Gasteiger partial charge < -0.3 is 5.32 Å². The lowest BCUT2D eigenvalue weighted by atomic mass is 9.83. The summed E-state index contributed by atoms with van der Waals surface area (Å²) >= 11 is 0. The second kappa shape index (κ2) is 6.56. The van der Waals surface area contributed by atoms with Crippen molar-refractivity contribution in [1.82, 2.24) is 5.32 Å². The zero-order chi connectivity index (χ0) is 14.6. The van der Waals surface area contributed by atoms with E-state index < -0.39 is 0 Å². The standard InChI is InChI=1S/C18H31N/c1-8-19-17(13(2)3)14(4)15-9-11-16(12-10-15)18(5,6)7/h9-14,17,19H,8H2,1-7H3. The Morgan fingerprint density at radius 2 is 1.53 bits per heavy atom. The lowest BCUT2D eigenvalue weighted by Crippen LogP contribution is -2.38. The first kappa shape index (κ1) is 16.2. The first-order chi connectivity index (χ1) is 8.77. The second-order valence-electron chi connectivity index (χ2n) is 6.99. The fourth-order valence-corrected chi connectivity index (χ4v) is 2.72. The molecule has 0 radical (unpaired) electrons. The molecule has 0 aliphatic heterocycles. The fraction of sp³-hybridized carbons (Fsp3) is 0.667. The summed E-state index contributed by atoms with van der Waals surface area (Å²) in [4.78, 5) is 0. The van der Waals surface area contributed by atoms with Gasteiger partial charge in [0.25, 0.3) is 0 Å². The predicted octanol–water partition coefficient (Wildman–Crippen LogP) is 4.72. The van der Waals surface area contributed by atoms with Crippen LogP contribution in [-0.4, -0.2) is 12.6 Å². The maximum absolute atomic E-state index is 3.63.